The van der Waals surface area contributed by atoms with E-state index in [0.29, 0.717) is 5.69 Å². The van der Waals surface area contributed by atoms with Gasteiger partial charge in [-0.05, 0) is 31.1 Å². The van der Waals surface area contributed by atoms with Gasteiger partial charge in [0.05, 0.1) is 5.69 Å². The first-order valence-corrected chi connectivity index (χ1v) is 3.94. The monoisotopic (exact) mass is 177 g/mol. The molecule has 1 heterocycles. The van der Waals surface area contributed by atoms with Gasteiger partial charge in [-0.25, -0.2) is 4.79 Å². The molecule has 0 amide bonds. The molecule has 3 heteroatoms. The van der Waals surface area contributed by atoms with Gasteiger partial charge in [-0.3, -0.25) is 4.98 Å². The number of hydrogen-bond acceptors (Lipinski definition) is 2. The molecule has 0 spiro atoms. The quantitative estimate of drug-likeness (QED) is 0.701. The number of carboxylic acids is 1. The van der Waals surface area contributed by atoms with Crippen molar-refractivity contribution in [2.45, 2.75) is 13.8 Å². The summed E-state index contributed by atoms with van der Waals surface area (Å²) in [7, 11) is 0. The molecule has 0 unspecified atom stereocenters. The Morgan fingerprint density at radius 1 is 1.54 bits per heavy atom. The van der Waals surface area contributed by atoms with Crippen LogP contribution in [-0.4, -0.2) is 16.1 Å². The maximum atomic E-state index is 10.2. The number of rotatable bonds is 2. The van der Waals surface area contributed by atoms with Crippen molar-refractivity contribution in [2.75, 3.05) is 0 Å². The first-order chi connectivity index (χ1) is 6.09. The van der Waals surface area contributed by atoms with Gasteiger partial charge in [-0.2, -0.15) is 0 Å². The molecule has 0 aromatic carbocycles. The predicted molar refractivity (Wildman–Crippen MR) is 50.4 cm³/mol. The lowest BCUT2D eigenvalue weighted by atomic mass is 10.1. The van der Waals surface area contributed by atoms with E-state index in [1.54, 1.807) is 6.20 Å². The van der Waals surface area contributed by atoms with E-state index < -0.39 is 5.97 Å². The molecule has 1 aromatic heterocycles. The first kappa shape index (κ1) is 9.45. The summed E-state index contributed by atoms with van der Waals surface area (Å²) in [4.78, 5) is 14.3. The van der Waals surface area contributed by atoms with Gasteiger partial charge in [-0.15, -0.1) is 0 Å². The summed E-state index contributed by atoms with van der Waals surface area (Å²) < 4.78 is 0. The lowest BCUT2D eigenvalue weighted by Gasteiger charge is -1.99. The van der Waals surface area contributed by atoms with Gasteiger partial charge in [0.1, 0.15) is 0 Å². The summed E-state index contributed by atoms with van der Waals surface area (Å²) in [5.41, 5.74) is 2.76. The molecule has 3 nitrogen and oxygen atoms in total. The zero-order chi connectivity index (χ0) is 9.84. The molecule has 0 saturated carbocycles. The molecule has 0 saturated heterocycles. The van der Waals surface area contributed by atoms with Crippen molar-refractivity contribution in [3.05, 3.63) is 35.2 Å². The standard InChI is InChI=1S/C10H11NO2/c1-7-5-8(2)9(11-6-7)3-4-10(12)13/h3-6H,1-2H3,(H,12,13)/b4-3+. The van der Waals surface area contributed by atoms with Gasteiger partial charge in [-0.1, -0.05) is 6.07 Å². The summed E-state index contributed by atoms with van der Waals surface area (Å²) in [5, 5.41) is 8.41. The smallest absolute Gasteiger partial charge is 0.328 e. The fourth-order valence-electron chi connectivity index (χ4n) is 1.05. The molecule has 0 aliphatic carbocycles. The van der Waals surface area contributed by atoms with Crippen molar-refractivity contribution in [1.82, 2.24) is 4.98 Å². The second kappa shape index (κ2) is 3.85. The highest BCUT2D eigenvalue weighted by molar-refractivity contribution is 5.85. The van der Waals surface area contributed by atoms with Crippen LogP contribution in [0.25, 0.3) is 6.08 Å². The summed E-state index contributed by atoms with van der Waals surface area (Å²) >= 11 is 0. The summed E-state index contributed by atoms with van der Waals surface area (Å²) in [6.07, 6.45) is 4.30. The third kappa shape index (κ3) is 2.71. The molecule has 13 heavy (non-hydrogen) atoms. The fourth-order valence-corrected chi connectivity index (χ4v) is 1.05. The Morgan fingerprint density at radius 2 is 2.23 bits per heavy atom. The second-order valence-corrected chi connectivity index (χ2v) is 2.89. The molecule has 0 aliphatic heterocycles. The van der Waals surface area contributed by atoms with E-state index in [-0.39, 0.29) is 0 Å². The molecule has 1 rings (SSSR count). The Morgan fingerprint density at radius 3 is 2.77 bits per heavy atom. The van der Waals surface area contributed by atoms with Gasteiger partial charge >= 0.3 is 5.97 Å². The molecule has 68 valence electrons. The minimum atomic E-state index is -0.957. The van der Waals surface area contributed by atoms with Crippen LogP contribution >= 0.6 is 0 Å². The van der Waals surface area contributed by atoms with Crippen molar-refractivity contribution in [1.29, 1.82) is 0 Å². The van der Waals surface area contributed by atoms with Crippen LogP contribution in [0, 0.1) is 13.8 Å². The van der Waals surface area contributed by atoms with Crippen LogP contribution in [0.5, 0.6) is 0 Å². The van der Waals surface area contributed by atoms with Crippen molar-refractivity contribution >= 4 is 12.0 Å². The third-order valence-corrected chi connectivity index (χ3v) is 1.64. The summed E-state index contributed by atoms with van der Waals surface area (Å²) in [6.45, 7) is 3.85. The molecule has 1 N–H and O–H groups in total. The van der Waals surface area contributed by atoms with E-state index in [0.717, 1.165) is 17.2 Å². The van der Waals surface area contributed by atoms with Crippen LogP contribution in [-0.2, 0) is 4.79 Å². The van der Waals surface area contributed by atoms with Crippen molar-refractivity contribution in [2.24, 2.45) is 0 Å². The molecule has 1 aromatic rings. The normalized spacial score (nSPS) is 10.6. The van der Waals surface area contributed by atoms with Crippen molar-refractivity contribution < 1.29 is 9.90 Å². The minimum Gasteiger partial charge on any atom is -0.478 e. The molecule has 0 radical (unpaired) electrons. The Labute approximate surface area is 76.7 Å². The Hall–Kier alpha value is -1.64. The zero-order valence-corrected chi connectivity index (χ0v) is 7.61. The Balaban J connectivity index is 2.96. The number of carbonyl (C=O) groups is 1. The zero-order valence-electron chi connectivity index (χ0n) is 7.61. The van der Waals surface area contributed by atoms with Crippen LogP contribution in [0.4, 0.5) is 0 Å². The van der Waals surface area contributed by atoms with E-state index in [4.69, 9.17) is 5.11 Å². The highest BCUT2D eigenvalue weighted by Gasteiger charge is 1.96. The number of pyridine rings is 1. The van der Waals surface area contributed by atoms with Gasteiger partial charge in [0.2, 0.25) is 0 Å². The lowest BCUT2D eigenvalue weighted by molar-refractivity contribution is -0.131. The maximum absolute atomic E-state index is 10.2. The van der Waals surface area contributed by atoms with Gasteiger partial charge < -0.3 is 5.11 Å². The van der Waals surface area contributed by atoms with Gasteiger partial charge in [0.15, 0.2) is 0 Å². The Kier molecular flexibility index (Phi) is 2.80. The van der Waals surface area contributed by atoms with Crippen LogP contribution in [0.15, 0.2) is 18.3 Å². The highest BCUT2D eigenvalue weighted by atomic mass is 16.4. The number of aromatic nitrogens is 1. The highest BCUT2D eigenvalue weighted by Crippen LogP contribution is 2.08. The van der Waals surface area contributed by atoms with Crippen molar-refractivity contribution in [3.63, 3.8) is 0 Å². The van der Waals surface area contributed by atoms with Crippen LogP contribution in [0.1, 0.15) is 16.8 Å². The molecule has 0 fully saturated rings. The predicted octanol–water partition coefficient (Wildman–Crippen LogP) is 1.80. The minimum absolute atomic E-state index is 0.702. The molecule has 0 bridgehead atoms. The van der Waals surface area contributed by atoms with E-state index in [1.807, 2.05) is 19.9 Å². The van der Waals surface area contributed by atoms with Crippen molar-refractivity contribution in [3.8, 4) is 0 Å². The molecular weight excluding hydrogens is 166 g/mol. The topological polar surface area (TPSA) is 50.2 Å². The summed E-state index contributed by atoms with van der Waals surface area (Å²) in [6, 6.07) is 1.97. The van der Waals surface area contributed by atoms with Gasteiger partial charge in [0, 0.05) is 12.3 Å². The lowest BCUT2D eigenvalue weighted by Crippen LogP contribution is -1.90. The fraction of sp³-hybridized carbons (Fsp3) is 0.200. The Bertz CT molecular complexity index is 356. The average molecular weight is 177 g/mol. The molecule has 0 aliphatic rings. The SMILES string of the molecule is Cc1cnc(/C=C/C(=O)O)c(C)c1. The largest absolute Gasteiger partial charge is 0.478 e. The van der Waals surface area contributed by atoms with Crippen LogP contribution < -0.4 is 0 Å². The molecular formula is C10H11NO2. The van der Waals surface area contributed by atoms with E-state index in [9.17, 15) is 4.79 Å². The van der Waals surface area contributed by atoms with E-state index in [1.165, 1.54) is 6.08 Å². The number of aryl methyl sites for hydroxylation is 2. The average Bonchev–Trinajstić information content (AvgIpc) is 2.02. The van der Waals surface area contributed by atoms with E-state index >= 15 is 0 Å². The van der Waals surface area contributed by atoms with E-state index in [2.05, 4.69) is 4.98 Å². The number of carboxylic acid groups (broad SMARTS) is 1. The number of hydrogen-bond donors (Lipinski definition) is 1. The second-order valence-electron chi connectivity index (χ2n) is 2.89. The number of aliphatic carboxylic acids is 1. The molecule has 0 atom stereocenters. The maximum Gasteiger partial charge on any atom is 0.328 e. The number of nitrogens with zero attached hydrogens (tertiary/aromatic N) is 1. The third-order valence-electron chi connectivity index (χ3n) is 1.64. The van der Waals surface area contributed by atoms with Gasteiger partial charge in [0.25, 0.3) is 0 Å². The first-order valence-electron chi connectivity index (χ1n) is 3.94. The summed E-state index contributed by atoms with van der Waals surface area (Å²) in [5.74, 6) is -0.957. The van der Waals surface area contributed by atoms with Crippen LogP contribution in [0.2, 0.25) is 0 Å². The van der Waals surface area contributed by atoms with Crippen LogP contribution in [0.3, 0.4) is 0 Å².